The minimum atomic E-state index is -4.28. The van der Waals surface area contributed by atoms with Crippen LogP contribution >= 0.6 is 34.8 Å². The van der Waals surface area contributed by atoms with Crippen molar-refractivity contribution >= 4 is 62.3 Å². The van der Waals surface area contributed by atoms with Crippen molar-refractivity contribution < 1.29 is 18.0 Å². The summed E-state index contributed by atoms with van der Waals surface area (Å²) in [5.41, 5.74) is 1.53. The number of sulfonamides is 1. The number of carbonyl (C=O) groups excluding carboxylic acids is 2. The molecule has 0 aliphatic heterocycles. The van der Waals surface area contributed by atoms with Gasteiger partial charge in [0.2, 0.25) is 11.8 Å². The third-order valence-electron chi connectivity index (χ3n) is 6.43. The molecule has 0 saturated heterocycles. The number of hydrogen-bond donors (Lipinski definition) is 1. The SMILES string of the molecule is CC[C@H](C(=O)NCC(C)C)N(Cc1ccccc1Cl)C(=O)CN(c1cc(Cl)ccc1Cl)S(=O)(=O)c1ccc(C)cc1. The molecular weight excluding hydrogens is 605 g/mol. The lowest BCUT2D eigenvalue weighted by molar-refractivity contribution is -0.140. The smallest absolute Gasteiger partial charge is 0.264 e. The van der Waals surface area contributed by atoms with Gasteiger partial charge in [0.15, 0.2) is 0 Å². The summed E-state index contributed by atoms with van der Waals surface area (Å²) in [6.07, 6.45) is 0.294. The van der Waals surface area contributed by atoms with Gasteiger partial charge in [-0.2, -0.15) is 0 Å². The number of hydrogen-bond acceptors (Lipinski definition) is 4. The van der Waals surface area contributed by atoms with Crippen LogP contribution in [0.4, 0.5) is 5.69 Å². The van der Waals surface area contributed by atoms with E-state index in [1.54, 1.807) is 43.3 Å². The van der Waals surface area contributed by atoms with Crippen LogP contribution in [0.25, 0.3) is 0 Å². The number of nitrogens with one attached hydrogen (secondary N) is 1. The highest BCUT2D eigenvalue weighted by Gasteiger charge is 2.34. The van der Waals surface area contributed by atoms with Crippen LogP contribution in [0.3, 0.4) is 0 Å². The first-order valence-electron chi connectivity index (χ1n) is 13.2. The van der Waals surface area contributed by atoms with Gasteiger partial charge >= 0.3 is 0 Å². The maximum Gasteiger partial charge on any atom is 0.264 e. The average molecular weight is 639 g/mol. The largest absolute Gasteiger partial charge is 0.354 e. The third-order valence-corrected chi connectivity index (χ3v) is 9.13. The number of amides is 2. The highest BCUT2D eigenvalue weighted by atomic mass is 35.5. The third kappa shape index (κ3) is 8.38. The van der Waals surface area contributed by atoms with Crippen molar-refractivity contribution in [2.45, 2.75) is 51.6 Å². The molecule has 1 N–H and O–H groups in total. The van der Waals surface area contributed by atoms with Gasteiger partial charge in [-0.3, -0.25) is 13.9 Å². The van der Waals surface area contributed by atoms with Gasteiger partial charge in [-0.05, 0) is 61.2 Å². The van der Waals surface area contributed by atoms with E-state index in [0.717, 1.165) is 9.87 Å². The standard InChI is InChI=1S/C30H34Cl3N3O4S/c1-5-27(30(38)34-17-20(2)3)35(18-22-8-6-7-9-25(22)32)29(37)19-36(28-16-23(31)12-15-26(28)33)41(39,40)24-13-10-21(4)11-14-24/h6-16,20,27H,5,17-19H2,1-4H3,(H,34,38)/t27-/m1/s1. The summed E-state index contributed by atoms with van der Waals surface area (Å²) >= 11 is 19.1. The first-order valence-corrected chi connectivity index (χ1v) is 15.8. The first kappa shape index (κ1) is 32.7. The minimum Gasteiger partial charge on any atom is -0.354 e. The van der Waals surface area contributed by atoms with E-state index < -0.39 is 28.5 Å². The van der Waals surface area contributed by atoms with Crippen LogP contribution in [0.5, 0.6) is 0 Å². The quantitative estimate of drug-likeness (QED) is 0.238. The Morgan fingerprint density at radius 3 is 2.20 bits per heavy atom. The van der Waals surface area contributed by atoms with E-state index in [4.69, 9.17) is 34.8 Å². The molecule has 41 heavy (non-hydrogen) atoms. The molecule has 0 spiro atoms. The molecule has 0 unspecified atom stereocenters. The summed E-state index contributed by atoms with van der Waals surface area (Å²) in [6.45, 7) is 7.36. The molecule has 3 rings (SSSR count). The average Bonchev–Trinajstić information content (AvgIpc) is 2.93. The summed E-state index contributed by atoms with van der Waals surface area (Å²) in [5, 5.41) is 3.66. The van der Waals surface area contributed by atoms with Crippen molar-refractivity contribution in [3.05, 3.63) is 92.9 Å². The van der Waals surface area contributed by atoms with Crippen LogP contribution in [0.15, 0.2) is 71.6 Å². The van der Waals surface area contributed by atoms with Crippen molar-refractivity contribution in [3.8, 4) is 0 Å². The van der Waals surface area contributed by atoms with Crippen LogP contribution in [0, 0.1) is 12.8 Å². The fourth-order valence-electron chi connectivity index (χ4n) is 4.18. The van der Waals surface area contributed by atoms with Crippen molar-refractivity contribution in [1.82, 2.24) is 10.2 Å². The zero-order chi connectivity index (χ0) is 30.3. The molecule has 0 aromatic heterocycles. The van der Waals surface area contributed by atoms with Crippen LogP contribution < -0.4 is 9.62 Å². The van der Waals surface area contributed by atoms with Gasteiger partial charge < -0.3 is 10.2 Å². The molecule has 1 atom stereocenters. The Morgan fingerprint density at radius 1 is 0.927 bits per heavy atom. The Bertz CT molecular complexity index is 1480. The number of aryl methyl sites for hydroxylation is 1. The number of benzene rings is 3. The van der Waals surface area contributed by atoms with Crippen LogP contribution in [-0.2, 0) is 26.2 Å². The topological polar surface area (TPSA) is 86.8 Å². The normalized spacial score (nSPS) is 12.2. The summed E-state index contributed by atoms with van der Waals surface area (Å²) in [7, 11) is -4.28. The molecule has 0 aliphatic rings. The van der Waals surface area contributed by atoms with E-state index in [9.17, 15) is 18.0 Å². The molecule has 3 aromatic rings. The minimum absolute atomic E-state index is 0.00614. The highest BCUT2D eigenvalue weighted by Crippen LogP contribution is 2.33. The summed E-state index contributed by atoms with van der Waals surface area (Å²) in [5.74, 6) is -0.747. The van der Waals surface area contributed by atoms with Gasteiger partial charge in [-0.25, -0.2) is 8.42 Å². The number of carbonyl (C=O) groups is 2. The van der Waals surface area contributed by atoms with E-state index in [-0.39, 0.29) is 39.0 Å². The molecule has 7 nitrogen and oxygen atoms in total. The summed E-state index contributed by atoms with van der Waals surface area (Å²) < 4.78 is 28.9. The van der Waals surface area contributed by atoms with Crippen LogP contribution in [-0.4, -0.2) is 44.3 Å². The fourth-order valence-corrected chi connectivity index (χ4v) is 6.24. The molecule has 0 saturated carbocycles. The molecule has 0 bridgehead atoms. The Kier molecular flexibility index (Phi) is 11.5. The predicted molar refractivity (Wildman–Crippen MR) is 166 cm³/mol. The molecule has 220 valence electrons. The Morgan fingerprint density at radius 2 is 1.59 bits per heavy atom. The second kappa shape index (κ2) is 14.4. The first-order chi connectivity index (χ1) is 19.3. The molecule has 0 fully saturated rings. The van der Waals surface area contributed by atoms with E-state index in [1.165, 1.54) is 35.2 Å². The van der Waals surface area contributed by atoms with Crippen molar-refractivity contribution in [2.75, 3.05) is 17.4 Å². The monoisotopic (exact) mass is 637 g/mol. The predicted octanol–water partition coefficient (Wildman–Crippen LogP) is 6.73. The van der Waals surface area contributed by atoms with Crippen LogP contribution in [0.2, 0.25) is 15.1 Å². The van der Waals surface area contributed by atoms with Gasteiger partial charge in [0.1, 0.15) is 12.6 Å². The second-order valence-corrected chi connectivity index (χ2v) is 13.2. The van der Waals surface area contributed by atoms with Gasteiger partial charge in [-0.15, -0.1) is 0 Å². The molecule has 3 aromatic carbocycles. The van der Waals surface area contributed by atoms with Crippen LogP contribution in [0.1, 0.15) is 38.3 Å². The van der Waals surface area contributed by atoms with Gasteiger partial charge in [-0.1, -0.05) is 91.5 Å². The molecule has 0 radical (unpaired) electrons. The van der Waals surface area contributed by atoms with Gasteiger partial charge in [0.05, 0.1) is 15.6 Å². The maximum atomic E-state index is 14.1. The summed E-state index contributed by atoms with van der Waals surface area (Å²) in [6, 6.07) is 16.8. The Hall–Kier alpha value is -2.78. The van der Waals surface area contributed by atoms with Gasteiger partial charge in [0, 0.05) is 23.1 Å². The van der Waals surface area contributed by atoms with Crippen molar-refractivity contribution in [3.63, 3.8) is 0 Å². The van der Waals surface area contributed by atoms with Crippen molar-refractivity contribution in [1.29, 1.82) is 0 Å². The van der Waals surface area contributed by atoms with E-state index in [0.29, 0.717) is 23.6 Å². The molecule has 0 aliphatic carbocycles. The van der Waals surface area contributed by atoms with Crippen molar-refractivity contribution in [2.24, 2.45) is 5.92 Å². The fraction of sp³-hybridized carbons (Fsp3) is 0.333. The lowest BCUT2D eigenvalue weighted by Gasteiger charge is -2.33. The lowest BCUT2D eigenvalue weighted by atomic mass is 10.1. The second-order valence-electron chi connectivity index (χ2n) is 10.1. The van der Waals surface area contributed by atoms with E-state index >= 15 is 0 Å². The number of rotatable bonds is 12. The number of halogens is 3. The Labute approximate surface area is 257 Å². The molecule has 11 heteroatoms. The van der Waals surface area contributed by atoms with E-state index in [1.807, 2.05) is 20.8 Å². The van der Waals surface area contributed by atoms with Gasteiger partial charge in [0.25, 0.3) is 10.0 Å². The molecule has 0 heterocycles. The van der Waals surface area contributed by atoms with E-state index in [2.05, 4.69) is 5.32 Å². The zero-order valence-electron chi connectivity index (χ0n) is 23.4. The lowest BCUT2D eigenvalue weighted by Crippen LogP contribution is -2.52. The number of nitrogens with zero attached hydrogens (tertiary/aromatic N) is 2. The highest BCUT2D eigenvalue weighted by molar-refractivity contribution is 7.92. The molecule has 2 amide bonds. The zero-order valence-corrected chi connectivity index (χ0v) is 26.5. The molecular formula is C30H34Cl3N3O4S. The Balaban J connectivity index is 2.10. The summed E-state index contributed by atoms with van der Waals surface area (Å²) in [4.78, 5) is 28.8. The maximum absolute atomic E-state index is 14.1. The number of anilines is 1.